The van der Waals surface area contributed by atoms with Crippen LogP contribution in [-0.2, 0) is 4.74 Å². The first-order valence-electron chi connectivity index (χ1n) is 8.03. The molecule has 0 saturated carbocycles. The maximum absolute atomic E-state index is 12.9. The van der Waals surface area contributed by atoms with Crippen molar-refractivity contribution in [2.24, 2.45) is 0 Å². The monoisotopic (exact) mass is 354 g/mol. The molecular weight excluding hydrogens is 332 g/mol. The summed E-state index contributed by atoms with van der Waals surface area (Å²) in [5.41, 5.74) is 1.27. The lowest BCUT2D eigenvalue weighted by molar-refractivity contribution is 0.0750. The number of nitrogens with zero attached hydrogens (tertiary/aromatic N) is 2. The number of carbonyl (C=O) groups is 2. The molecule has 0 unspecified atom stereocenters. The maximum Gasteiger partial charge on any atom is 0.409 e. The van der Waals surface area contributed by atoms with Gasteiger partial charge in [0.25, 0.3) is 5.91 Å². The summed E-state index contributed by atoms with van der Waals surface area (Å²) in [6.45, 7) is 6.03. The molecule has 0 aromatic heterocycles. The van der Waals surface area contributed by atoms with Crippen LogP contribution in [0.5, 0.6) is 5.75 Å². The number of rotatable bonds is 3. The fraction of sp³-hybridized carbons (Fsp3) is 0.529. The fourth-order valence-electron chi connectivity index (χ4n) is 2.85. The standard InChI is InChI=1S/C17H23ClN2O4/c1-4-24-17(22)20-7-5-6-19(8-9-20)16(21)14-11-13(18)10-12(2)15(14)23-3/h10-11H,4-9H2,1-3H3. The van der Waals surface area contributed by atoms with Gasteiger partial charge < -0.3 is 19.3 Å². The molecule has 6 nitrogen and oxygen atoms in total. The Morgan fingerprint density at radius 1 is 1.17 bits per heavy atom. The predicted molar refractivity (Wildman–Crippen MR) is 91.9 cm³/mol. The quantitative estimate of drug-likeness (QED) is 0.837. The summed E-state index contributed by atoms with van der Waals surface area (Å²) in [6.07, 6.45) is 0.370. The summed E-state index contributed by atoms with van der Waals surface area (Å²) in [7, 11) is 1.54. The number of benzene rings is 1. The number of halogens is 1. The van der Waals surface area contributed by atoms with E-state index in [1.165, 1.54) is 7.11 Å². The number of hydrogen-bond donors (Lipinski definition) is 0. The first-order valence-corrected chi connectivity index (χ1v) is 8.40. The van der Waals surface area contributed by atoms with Gasteiger partial charge in [-0.15, -0.1) is 0 Å². The Labute approximate surface area is 147 Å². The average molecular weight is 355 g/mol. The van der Waals surface area contributed by atoms with Gasteiger partial charge in [0.2, 0.25) is 0 Å². The Hall–Kier alpha value is -1.95. The molecule has 0 aliphatic carbocycles. The highest BCUT2D eigenvalue weighted by Gasteiger charge is 2.26. The van der Waals surface area contributed by atoms with Crippen molar-refractivity contribution >= 4 is 23.6 Å². The third-order valence-electron chi connectivity index (χ3n) is 3.98. The van der Waals surface area contributed by atoms with Gasteiger partial charge in [-0.2, -0.15) is 0 Å². The highest BCUT2D eigenvalue weighted by molar-refractivity contribution is 6.31. The maximum atomic E-state index is 12.9. The lowest BCUT2D eigenvalue weighted by Crippen LogP contribution is -2.37. The Morgan fingerprint density at radius 3 is 2.50 bits per heavy atom. The van der Waals surface area contributed by atoms with Gasteiger partial charge in [-0.1, -0.05) is 11.6 Å². The predicted octanol–water partition coefficient (Wildman–Crippen LogP) is 2.96. The molecule has 132 valence electrons. The first kappa shape index (κ1) is 18.4. The highest BCUT2D eigenvalue weighted by atomic mass is 35.5. The van der Waals surface area contributed by atoms with E-state index < -0.39 is 0 Å². The topological polar surface area (TPSA) is 59.1 Å². The Morgan fingerprint density at radius 2 is 1.83 bits per heavy atom. The van der Waals surface area contributed by atoms with Gasteiger partial charge in [0.15, 0.2) is 0 Å². The van der Waals surface area contributed by atoms with Crippen molar-refractivity contribution in [1.29, 1.82) is 0 Å². The lowest BCUT2D eigenvalue weighted by atomic mass is 10.1. The van der Waals surface area contributed by atoms with Gasteiger partial charge in [0, 0.05) is 31.2 Å². The van der Waals surface area contributed by atoms with Crippen molar-refractivity contribution in [2.75, 3.05) is 39.9 Å². The lowest BCUT2D eigenvalue weighted by Gasteiger charge is -2.23. The molecule has 1 saturated heterocycles. The van der Waals surface area contributed by atoms with Gasteiger partial charge in [-0.05, 0) is 38.0 Å². The van der Waals surface area contributed by atoms with Crippen LogP contribution < -0.4 is 4.74 Å². The van der Waals surface area contributed by atoms with E-state index in [9.17, 15) is 9.59 Å². The van der Waals surface area contributed by atoms with Crippen LogP contribution in [0.1, 0.15) is 29.3 Å². The van der Waals surface area contributed by atoms with Crippen LogP contribution in [-0.4, -0.2) is 61.7 Å². The number of hydrogen-bond acceptors (Lipinski definition) is 4. The third kappa shape index (κ3) is 4.12. The van der Waals surface area contributed by atoms with Crippen LogP contribution in [0.25, 0.3) is 0 Å². The minimum atomic E-state index is -0.331. The van der Waals surface area contributed by atoms with Crippen molar-refractivity contribution in [3.05, 3.63) is 28.3 Å². The second kappa shape index (κ2) is 8.24. The van der Waals surface area contributed by atoms with Crippen molar-refractivity contribution < 1.29 is 19.1 Å². The smallest absolute Gasteiger partial charge is 0.409 e. The van der Waals surface area contributed by atoms with Crippen molar-refractivity contribution in [1.82, 2.24) is 9.80 Å². The molecule has 1 aliphatic heterocycles. The summed E-state index contributed by atoms with van der Waals surface area (Å²) >= 11 is 6.10. The van der Waals surface area contributed by atoms with Crippen LogP contribution in [0.3, 0.4) is 0 Å². The average Bonchev–Trinajstić information content (AvgIpc) is 2.80. The molecule has 1 heterocycles. The Balaban J connectivity index is 2.15. The van der Waals surface area contributed by atoms with Gasteiger partial charge in [-0.25, -0.2) is 4.79 Å². The van der Waals surface area contributed by atoms with E-state index in [4.69, 9.17) is 21.1 Å². The van der Waals surface area contributed by atoms with E-state index in [1.807, 2.05) is 6.92 Å². The molecule has 1 aliphatic rings. The molecule has 0 atom stereocenters. The molecular formula is C17H23ClN2O4. The largest absolute Gasteiger partial charge is 0.496 e. The zero-order chi connectivity index (χ0) is 17.7. The van der Waals surface area contributed by atoms with E-state index in [0.29, 0.717) is 55.5 Å². The SMILES string of the molecule is CCOC(=O)N1CCCN(C(=O)c2cc(Cl)cc(C)c2OC)CC1. The molecule has 2 rings (SSSR count). The second-order valence-electron chi connectivity index (χ2n) is 5.64. The van der Waals surface area contributed by atoms with E-state index in [0.717, 1.165) is 5.56 Å². The highest BCUT2D eigenvalue weighted by Crippen LogP contribution is 2.29. The van der Waals surface area contributed by atoms with Gasteiger partial charge >= 0.3 is 6.09 Å². The zero-order valence-electron chi connectivity index (χ0n) is 14.3. The minimum absolute atomic E-state index is 0.136. The molecule has 2 amide bonds. The van der Waals surface area contributed by atoms with Crippen molar-refractivity contribution in [3.8, 4) is 5.75 Å². The molecule has 7 heteroatoms. The summed E-state index contributed by atoms with van der Waals surface area (Å²) < 4.78 is 10.4. The number of carbonyl (C=O) groups excluding carboxylic acids is 2. The number of ether oxygens (including phenoxy) is 2. The fourth-order valence-corrected chi connectivity index (χ4v) is 3.12. The number of amides is 2. The number of methoxy groups -OCH3 is 1. The Kier molecular flexibility index (Phi) is 6.31. The molecule has 1 fully saturated rings. The van der Waals surface area contributed by atoms with Crippen LogP contribution in [0.4, 0.5) is 4.79 Å². The Bertz CT molecular complexity index is 621. The molecule has 0 radical (unpaired) electrons. The van der Waals surface area contributed by atoms with Crippen LogP contribution in [0.2, 0.25) is 5.02 Å². The van der Waals surface area contributed by atoms with Crippen LogP contribution >= 0.6 is 11.6 Å². The normalized spacial score (nSPS) is 15.0. The summed E-state index contributed by atoms with van der Waals surface area (Å²) in [5, 5.41) is 0.500. The van der Waals surface area contributed by atoms with Crippen LogP contribution in [0.15, 0.2) is 12.1 Å². The molecule has 0 spiro atoms. The van der Waals surface area contributed by atoms with Gasteiger partial charge in [0.1, 0.15) is 5.75 Å². The summed E-state index contributed by atoms with van der Waals surface area (Å²) in [4.78, 5) is 28.1. The van der Waals surface area contributed by atoms with E-state index >= 15 is 0 Å². The van der Waals surface area contributed by atoms with E-state index in [2.05, 4.69) is 0 Å². The van der Waals surface area contributed by atoms with Gasteiger partial charge in [-0.3, -0.25) is 4.79 Å². The van der Waals surface area contributed by atoms with E-state index in [-0.39, 0.29) is 12.0 Å². The molecule has 1 aromatic rings. The van der Waals surface area contributed by atoms with Crippen molar-refractivity contribution in [3.63, 3.8) is 0 Å². The zero-order valence-corrected chi connectivity index (χ0v) is 15.1. The molecule has 24 heavy (non-hydrogen) atoms. The first-order chi connectivity index (χ1) is 11.5. The molecule has 0 N–H and O–H groups in total. The van der Waals surface area contributed by atoms with Crippen molar-refractivity contribution in [2.45, 2.75) is 20.3 Å². The molecule has 1 aromatic carbocycles. The summed E-state index contributed by atoms with van der Waals surface area (Å²) in [6, 6.07) is 3.39. The van der Waals surface area contributed by atoms with Crippen LogP contribution in [0, 0.1) is 6.92 Å². The second-order valence-corrected chi connectivity index (χ2v) is 6.07. The minimum Gasteiger partial charge on any atom is -0.496 e. The summed E-state index contributed by atoms with van der Waals surface area (Å²) in [5.74, 6) is 0.402. The van der Waals surface area contributed by atoms with Gasteiger partial charge in [0.05, 0.1) is 19.3 Å². The van der Waals surface area contributed by atoms with E-state index in [1.54, 1.807) is 28.9 Å². The molecule has 0 bridgehead atoms. The number of aryl methyl sites for hydroxylation is 1. The third-order valence-corrected chi connectivity index (χ3v) is 4.20.